The van der Waals surface area contributed by atoms with Gasteiger partial charge < -0.3 is 0 Å². The standard InChI is InChI=1S/C6H9O3P/c7-10(8)9-6-4-2-1-3-5-6/h4H,1-3,5H2/p+1. The Hall–Kier alpha value is -0.400. The second kappa shape index (κ2) is 3.69. The van der Waals surface area contributed by atoms with E-state index in [1.54, 1.807) is 0 Å². The summed E-state index contributed by atoms with van der Waals surface area (Å²) in [6.07, 6.45) is 5.89. The second-order valence-electron chi connectivity index (χ2n) is 2.25. The molecular weight excluding hydrogens is 151 g/mol. The van der Waals surface area contributed by atoms with Crippen molar-refractivity contribution in [2.24, 2.45) is 0 Å². The highest BCUT2D eigenvalue weighted by Crippen LogP contribution is 2.27. The van der Waals surface area contributed by atoms with Gasteiger partial charge >= 0.3 is 8.25 Å². The number of hydrogen-bond donors (Lipinski definition) is 1. The molecule has 1 N–H and O–H groups in total. The Morgan fingerprint density at radius 1 is 1.60 bits per heavy atom. The van der Waals surface area contributed by atoms with Gasteiger partial charge in [0, 0.05) is 11.0 Å². The lowest BCUT2D eigenvalue weighted by Crippen LogP contribution is -1.91. The van der Waals surface area contributed by atoms with Crippen molar-refractivity contribution in [2.75, 3.05) is 0 Å². The largest absolute Gasteiger partial charge is 0.747 e. The van der Waals surface area contributed by atoms with Crippen molar-refractivity contribution >= 4 is 8.25 Å². The fourth-order valence-corrected chi connectivity index (χ4v) is 1.36. The predicted octanol–water partition coefficient (Wildman–Crippen LogP) is 2.11. The predicted molar refractivity (Wildman–Crippen MR) is 37.5 cm³/mol. The van der Waals surface area contributed by atoms with Crippen LogP contribution in [-0.2, 0) is 9.09 Å². The van der Waals surface area contributed by atoms with Crippen molar-refractivity contribution in [2.45, 2.75) is 25.7 Å². The molecule has 1 aliphatic carbocycles. The maximum absolute atomic E-state index is 10.2. The summed E-state index contributed by atoms with van der Waals surface area (Å²) >= 11 is 0. The van der Waals surface area contributed by atoms with Crippen LogP contribution in [0.2, 0.25) is 0 Å². The summed E-state index contributed by atoms with van der Waals surface area (Å²) in [6.45, 7) is 0. The maximum atomic E-state index is 10.2. The number of rotatable bonds is 2. The Labute approximate surface area is 60.7 Å². The molecule has 3 nitrogen and oxygen atoms in total. The molecule has 0 aromatic heterocycles. The van der Waals surface area contributed by atoms with E-state index < -0.39 is 8.25 Å². The van der Waals surface area contributed by atoms with Crippen LogP contribution in [0.15, 0.2) is 11.8 Å². The summed E-state index contributed by atoms with van der Waals surface area (Å²) in [6, 6.07) is 0. The van der Waals surface area contributed by atoms with Crippen molar-refractivity contribution in [3.8, 4) is 0 Å². The van der Waals surface area contributed by atoms with E-state index in [9.17, 15) is 4.57 Å². The highest BCUT2D eigenvalue weighted by atomic mass is 31.1. The van der Waals surface area contributed by atoms with E-state index >= 15 is 0 Å². The quantitative estimate of drug-likeness (QED) is 0.631. The van der Waals surface area contributed by atoms with Gasteiger partial charge in [-0.05, 0) is 25.3 Å². The summed E-state index contributed by atoms with van der Waals surface area (Å²) in [4.78, 5) is 8.35. The van der Waals surface area contributed by atoms with Crippen molar-refractivity contribution < 1.29 is 14.0 Å². The van der Waals surface area contributed by atoms with Gasteiger partial charge in [-0.1, -0.05) is 0 Å². The van der Waals surface area contributed by atoms with E-state index in [2.05, 4.69) is 4.52 Å². The minimum atomic E-state index is -2.44. The molecule has 0 saturated carbocycles. The van der Waals surface area contributed by atoms with Gasteiger partial charge in [-0.2, -0.15) is 0 Å². The molecule has 1 rings (SSSR count). The molecule has 0 fully saturated rings. The SMILES string of the molecule is O=[P+](O)OC1=CCCCC1. The Morgan fingerprint density at radius 3 is 2.90 bits per heavy atom. The molecular formula is C6H10O3P+. The van der Waals surface area contributed by atoms with E-state index in [1.165, 1.54) is 0 Å². The molecule has 0 radical (unpaired) electrons. The molecule has 0 amide bonds. The topological polar surface area (TPSA) is 46.5 Å². The van der Waals surface area contributed by atoms with Gasteiger partial charge in [0.15, 0.2) is 5.76 Å². The summed E-state index contributed by atoms with van der Waals surface area (Å²) in [5.41, 5.74) is 0. The van der Waals surface area contributed by atoms with Crippen molar-refractivity contribution in [1.29, 1.82) is 0 Å². The second-order valence-corrected chi connectivity index (χ2v) is 2.90. The summed E-state index contributed by atoms with van der Waals surface area (Å²) < 4.78 is 14.8. The van der Waals surface area contributed by atoms with Crippen molar-refractivity contribution in [3.05, 3.63) is 11.8 Å². The molecule has 0 aliphatic heterocycles. The lowest BCUT2D eigenvalue weighted by molar-refractivity contribution is 0.331. The highest BCUT2D eigenvalue weighted by Gasteiger charge is 2.17. The van der Waals surface area contributed by atoms with Crippen LogP contribution >= 0.6 is 8.25 Å². The third-order valence-corrected chi connectivity index (χ3v) is 1.84. The van der Waals surface area contributed by atoms with Crippen molar-refractivity contribution in [1.82, 2.24) is 0 Å². The minimum absolute atomic E-state index is 0.676. The van der Waals surface area contributed by atoms with E-state index in [0.29, 0.717) is 5.76 Å². The minimum Gasteiger partial charge on any atom is -0.234 e. The van der Waals surface area contributed by atoms with Gasteiger partial charge in [-0.15, -0.1) is 4.89 Å². The van der Waals surface area contributed by atoms with Crippen LogP contribution in [0.4, 0.5) is 0 Å². The van der Waals surface area contributed by atoms with Gasteiger partial charge in [-0.3, -0.25) is 0 Å². The Bertz CT molecular complexity index is 164. The Kier molecular flexibility index (Phi) is 2.84. The summed E-state index contributed by atoms with van der Waals surface area (Å²) in [7, 11) is -2.44. The maximum Gasteiger partial charge on any atom is 0.747 e. The molecule has 1 aliphatic rings. The molecule has 0 saturated heterocycles. The van der Waals surface area contributed by atoms with Crippen molar-refractivity contribution in [3.63, 3.8) is 0 Å². The fourth-order valence-electron chi connectivity index (χ4n) is 0.992. The molecule has 1 unspecified atom stereocenters. The zero-order chi connectivity index (χ0) is 7.40. The molecule has 10 heavy (non-hydrogen) atoms. The van der Waals surface area contributed by atoms with Gasteiger partial charge in [0.25, 0.3) is 0 Å². The van der Waals surface area contributed by atoms with Gasteiger partial charge in [-0.25, -0.2) is 4.52 Å². The molecule has 0 aromatic rings. The Balaban J connectivity index is 2.38. The van der Waals surface area contributed by atoms with Gasteiger partial charge in [0.2, 0.25) is 0 Å². The van der Waals surface area contributed by atoms with Gasteiger partial charge in [0.1, 0.15) is 0 Å². The smallest absolute Gasteiger partial charge is 0.234 e. The summed E-state index contributed by atoms with van der Waals surface area (Å²) in [5.74, 6) is 0.676. The lowest BCUT2D eigenvalue weighted by atomic mass is 10.1. The first kappa shape index (κ1) is 7.70. The highest BCUT2D eigenvalue weighted by molar-refractivity contribution is 7.32. The Morgan fingerprint density at radius 2 is 2.40 bits per heavy atom. The fraction of sp³-hybridized carbons (Fsp3) is 0.667. The third-order valence-electron chi connectivity index (χ3n) is 1.44. The molecule has 0 aromatic carbocycles. The van der Waals surface area contributed by atoms with E-state index in [1.807, 2.05) is 6.08 Å². The third kappa shape index (κ3) is 2.46. The zero-order valence-electron chi connectivity index (χ0n) is 5.62. The number of hydrogen-bond acceptors (Lipinski definition) is 2. The van der Waals surface area contributed by atoms with Crippen LogP contribution in [-0.4, -0.2) is 4.89 Å². The van der Waals surface area contributed by atoms with E-state index in [-0.39, 0.29) is 0 Å². The molecule has 56 valence electrons. The van der Waals surface area contributed by atoms with Crippen LogP contribution < -0.4 is 0 Å². The van der Waals surface area contributed by atoms with Gasteiger partial charge in [0.05, 0.1) is 0 Å². The first-order valence-electron chi connectivity index (χ1n) is 3.32. The summed E-state index contributed by atoms with van der Waals surface area (Å²) in [5, 5.41) is 0. The zero-order valence-corrected chi connectivity index (χ0v) is 6.51. The van der Waals surface area contributed by atoms with Crippen LogP contribution in [0.3, 0.4) is 0 Å². The first-order chi connectivity index (χ1) is 4.79. The molecule has 1 atom stereocenters. The molecule has 0 heterocycles. The molecule has 0 spiro atoms. The monoisotopic (exact) mass is 161 g/mol. The average Bonchev–Trinajstić information content (AvgIpc) is 1.88. The van der Waals surface area contributed by atoms with E-state index in [0.717, 1.165) is 25.7 Å². The molecule has 4 heteroatoms. The van der Waals surface area contributed by atoms with E-state index in [4.69, 9.17) is 4.89 Å². The van der Waals surface area contributed by atoms with Crippen LogP contribution in [0.5, 0.6) is 0 Å². The lowest BCUT2D eigenvalue weighted by Gasteiger charge is -2.04. The van der Waals surface area contributed by atoms with Crippen LogP contribution in [0, 0.1) is 0 Å². The molecule has 0 bridgehead atoms. The first-order valence-corrected chi connectivity index (χ1v) is 4.45. The number of allylic oxidation sites excluding steroid dienone is 2. The van der Waals surface area contributed by atoms with Crippen LogP contribution in [0.25, 0.3) is 0 Å². The average molecular weight is 161 g/mol. The van der Waals surface area contributed by atoms with Crippen LogP contribution in [0.1, 0.15) is 25.7 Å². The normalized spacial score (nSPS) is 19.7.